The van der Waals surface area contributed by atoms with Crippen molar-refractivity contribution in [3.05, 3.63) is 101 Å². The van der Waals surface area contributed by atoms with Gasteiger partial charge in [-0.2, -0.15) is 13.2 Å². The van der Waals surface area contributed by atoms with E-state index in [1.807, 2.05) is 0 Å². The Morgan fingerprint density at radius 2 is 1.54 bits per heavy atom. The van der Waals surface area contributed by atoms with Crippen molar-refractivity contribution in [1.29, 1.82) is 0 Å². The van der Waals surface area contributed by atoms with Crippen LogP contribution in [0.5, 0.6) is 0 Å². The Hall–Kier alpha value is -5.53. The molecular weight excluding hydrogens is 605 g/mol. The molecule has 46 heavy (non-hydrogen) atoms. The second kappa shape index (κ2) is 12.5. The van der Waals surface area contributed by atoms with Crippen molar-refractivity contribution in [3.63, 3.8) is 0 Å². The number of halogens is 3. The number of hydrogen-bond acceptors (Lipinski definition) is 6. The monoisotopic (exact) mass is 633 g/mol. The summed E-state index contributed by atoms with van der Waals surface area (Å²) in [6, 6.07) is 16.6. The van der Waals surface area contributed by atoms with E-state index in [0.29, 0.717) is 42.4 Å². The van der Waals surface area contributed by atoms with Crippen LogP contribution >= 0.6 is 0 Å². The van der Waals surface area contributed by atoms with Gasteiger partial charge in [0.1, 0.15) is 0 Å². The highest BCUT2D eigenvalue weighted by Crippen LogP contribution is 2.35. The molecule has 2 atom stereocenters. The van der Waals surface area contributed by atoms with Crippen molar-refractivity contribution >= 4 is 41.0 Å². The lowest BCUT2D eigenvalue weighted by molar-refractivity contribution is -0.787. The van der Waals surface area contributed by atoms with Gasteiger partial charge < -0.3 is 10.6 Å². The van der Waals surface area contributed by atoms with Crippen molar-refractivity contribution in [2.45, 2.75) is 50.4 Å². The molecule has 2 heterocycles. The van der Waals surface area contributed by atoms with Gasteiger partial charge in [0.2, 0.25) is 11.2 Å². The van der Waals surface area contributed by atoms with Crippen molar-refractivity contribution < 1.29 is 41.6 Å². The van der Waals surface area contributed by atoms with E-state index in [1.165, 1.54) is 21.8 Å². The van der Waals surface area contributed by atoms with E-state index in [-0.39, 0.29) is 47.6 Å². The van der Waals surface area contributed by atoms with Gasteiger partial charge in [0.05, 0.1) is 23.1 Å². The van der Waals surface area contributed by atoms with Gasteiger partial charge in [-0.05, 0) is 53.4 Å². The summed E-state index contributed by atoms with van der Waals surface area (Å²) < 4.78 is 47.6. The van der Waals surface area contributed by atoms with Gasteiger partial charge in [-0.25, -0.2) is 4.79 Å². The predicted molar refractivity (Wildman–Crippen MR) is 158 cm³/mol. The van der Waals surface area contributed by atoms with Gasteiger partial charge in [0, 0.05) is 30.3 Å². The third-order valence-electron chi connectivity index (χ3n) is 7.91. The first-order chi connectivity index (χ1) is 22.0. The molecule has 4 aromatic rings. The number of fused-ring (bicyclic) bond motifs is 1. The van der Waals surface area contributed by atoms with E-state index in [9.17, 15) is 32.3 Å². The van der Waals surface area contributed by atoms with Crippen LogP contribution in [0.15, 0.2) is 83.5 Å². The van der Waals surface area contributed by atoms with Crippen LogP contribution in [0.4, 0.5) is 35.2 Å². The lowest BCUT2D eigenvalue weighted by Crippen LogP contribution is -2.49. The topological polar surface area (TPSA) is 138 Å². The Balaban J connectivity index is 1.10. The minimum Gasteiger partial charge on any atom is -0.326 e. The van der Waals surface area contributed by atoms with Crippen LogP contribution in [0.1, 0.15) is 63.6 Å². The summed E-state index contributed by atoms with van der Waals surface area (Å²) in [5.74, 6) is -1.27. The molecular formula is C32H28F3N6O5+. The van der Waals surface area contributed by atoms with Crippen LogP contribution in [0.2, 0.25) is 0 Å². The highest BCUT2D eigenvalue weighted by atomic mass is 19.4. The number of urea groups is 1. The average molecular weight is 634 g/mol. The number of hydrogen-bond donors (Lipinski definition) is 3. The molecule has 0 saturated heterocycles. The number of nitrogens with zero attached hydrogens (tertiary/aromatic N) is 3. The minimum atomic E-state index is -4.74. The van der Waals surface area contributed by atoms with Gasteiger partial charge in [0.25, 0.3) is 18.0 Å². The lowest BCUT2D eigenvalue weighted by atomic mass is 9.90. The number of anilines is 3. The molecule has 0 bridgehead atoms. The predicted octanol–water partition coefficient (Wildman–Crippen LogP) is 5.59. The lowest BCUT2D eigenvalue weighted by Gasteiger charge is -2.30. The second-order valence-corrected chi connectivity index (χ2v) is 11.1. The van der Waals surface area contributed by atoms with E-state index >= 15 is 0 Å². The maximum absolute atomic E-state index is 13.6. The molecule has 3 N–H and O–H groups in total. The molecule has 6 rings (SSSR count). The van der Waals surface area contributed by atoms with Crippen molar-refractivity contribution in [2.24, 2.45) is 0 Å². The second-order valence-electron chi connectivity index (χ2n) is 11.1. The van der Waals surface area contributed by atoms with E-state index < -0.39 is 23.7 Å². The molecule has 1 fully saturated rings. The fourth-order valence-electron chi connectivity index (χ4n) is 5.84. The minimum absolute atomic E-state index is 0.0497. The van der Waals surface area contributed by atoms with Crippen LogP contribution in [0.25, 0.3) is 0 Å². The molecule has 1 aliphatic carbocycles. The molecule has 0 radical (unpaired) electrons. The maximum Gasteiger partial charge on any atom is 0.416 e. The molecule has 14 heteroatoms. The maximum atomic E-state index is 13.6. The summed E-state index contributed by atoms with van der Waals surface area (Å²) in [7, 11) is 0. The van der Waals surface area contributed by atoms with Crippen molar-refractivity contribution in [1.82, 2.24) is 10.2 Å². The van der Waals surface area contributed by atoms with E-state index in [2.05, 4.69) is 21.2 Å². The number of amides is 5. The van der Waals surface area contributed by atoms with Crippen LogP contribution in [0, 0.1) is 0 Å². The average Bonchev–Trinajstić information content (AvgIpc) is 3.59. The van der Waals surface area contributed by atoms with Crippen LogP contribution < -0.4 is 20.6 Å². The molecule has 2 aliphatic rings. The zero-order valence-electron chi connectivity index (χ0n) is 24.2. The number of aromatic nitrogens is 2. The fourth-order valence-corrected chi connectivity index (χ4v) is 5.84. The number of imide groups is 1. The summed E-state index contributed by atoms with van der Waals surface area (Å²) >= 11 is 0. The summed E-state index contributed by atoms with van der Waals surface area (Å²) in [5.41, 5.74) is 0.00989. The highest BCUT2D eigenvalue weighted by molar-refractivity contribution is 6.21. The Morgan fingerprint density at radius 1 is 0.891 bits per heavy atom. The van der Waals surface area contributed by atoms with Crippen LogP contribution in [-0.2, 0) is 17.4 Å². The Bertz CT molecular complexity index is 1770. The SMILES string of the molecule is O=C(Cc1ccccc1)Nc1cc(NC(=O)Nc2c[n+]([C@@H]3CCC[C@@H](N4C(=O)c5ccccc5C4=O)C3)no2)cc(C(F)(F)F)c1. The highest BCUT2D eigenvalue weighted by Gasteiger charge is 2.43. The summed E-state index contributed by atoms with van der Waals surface area (Å²) in [6.07, 6.45) is -0.898. The number of alkyl halides is 3. The van der Waals surface area contributed by atoms with Crippen molar-refractivity contribution in [2.75, 3.05) is 16.0 Å². The number of carbonyl (C=O) groups excluding carboxylic acids is 4. The molecule has 1 aliphatic heterocycles. The molecule has 236 valence electrons. The summed E-state index contributed by atoms with van der Waals surface area (Å²) in [6.45, 7) is 0. The van der Waals surface area contributed by atoms with Gasteiger partial charge in [0.15, 0.2) is 6.04 Å². The summed E-state index contributed by atoms with van der Waals surface area (Å²) in [4.78, 5) is 52.5. The smallest absolute Gasteiger partial charge is 0.326 e. The van der Waals surface area contributed by atoms with Gasteiger partial charge >= 0.3 is 18.1 Å². The number of carbonyl (C=O) groups is 4. The van der Waals surface area contributed by atoms with Crippen LogP contribution in [-0.4, -0.2) is 40.0 Å². The van der Waals surface area contributed by atoms with E-state index in [1.54, 1.807) is 54.6 Å². The Morgan fingerprint density at radius 3 is 2.22 bits per heavy atom. The fraction of sp³-hybridized carbons (Fsp3) is 0.250. The number of benzene rings is 3. The molecule has 11 nitrogen and oxygen atoms in total. The first-order valence-corrected chi connectivity index (χ1v) is 14.5. The molecule has 0 unspecified atom stereocenters. The third kappa shape index (κ3) is 6.60. The third-order valence-corrected chi connectivity index (χ3v) is 7.91. The molecule has 0 spiro atoms. The summed E-state index contributed by atoms with van der Waals surface area (Å²) in [5, 5.41) is 11.2. The zero-order chi connectivity index (χ0) is 32.4. The largest absolute Gasteiger partial charge is 0.416 e. The standard InChI is InChI=1S/C32H27F3N6O5/c33-32(34,35)20-14-21(36-27(42)13-19-7-2-1-3-8-19)16-22(15-20)37-31(45)38-28-18-40(39-46-28)23-9-6-10-24(17-23)41-29(43)25-11-4-5-12-26(25)30(41)44/h1-5,7-8,11-12,14-16,18,23-24H,6,9-10,13,17H2,(H2-,36,37,38,39,42,45)/p+1/t23-,24-/m1/s1. The molecule has 1 saturated carbocycles. The van der Waals surface area contributed by atoms with Gasteiger partial charge in [-0.3, -0.25) is 29.1 Å². The van der Waals surface area contributed by atoms with Crippen LogP contribution in [0.3, 0.4) is 0 Å². The molecule has 3 aromatic carbocycles. The molecule has 1 aromatic heterocycles. The molecule has 5 amide bonds. The van der Waals surface area contributed by atoms with Crippen molar-refractivity contribution in [3.8, 4) is 0 Å². The zero-order valence-corrected chi connectivity index (χ0v) is 24.2. The first kappa shape index (κ1) is 30.5. The normalized spacial score (nSPS) is 17.8. The van der Waals surface area contributed by atoms with E-state index in [0.717, 1.165) is 12.1 Å². The number of nitrogens with one attached hydrogen (secondary N) is 3. The first-order valence-electron chi connectivity index (χ1n) is 14.5. The quantitative estimate of drug-likeness (QED) is 0.179. The van der Waals surface area contributed by atoms with Gasteiger partial charge in [-0.15, -0.1) is 0 Å². The van der Waals surface area contributed by atoms with E-state index in [4.69, 9.17) is 4.52 Å². The van der Waals surface area contributed by atoms with Gasteiger partial charge in [-0.1, -0.05) is 42.5 Å². The Labute approximate surface area is 260 Å². The number of rotatable bonds is 7. The Kier molecular flexibility index (Phi) is 8.26.